The van der Waals surface area contributed by atoms with Crippen LogP contribution in [0.5, 0.6) is 0 Å². The van der Waals surface area contributed by atoms with Gasteiger partial charge in [-0.3, -0.25) is 0 Å². The molecule has 0 saturated carbocycles. The molecule has 0 bridgehead atoms. The summed E-state index contributed by atoms with van der Waals surface area (Å²) in [5, 5.41) is 0.903. The van der Waals surface area contributed by atoms with Crippen LogP contribution in [0.2, 0.25) is 0 Å². The Morgan fingerprint density at radius 2 is 2.08 bits per heavy atom. The minimum absolute atomic E-state index is 0.903. The Morgan fingerprint density at radius 3 is 2.77 bits per heavy atom. The molecule has 1 rings (SSSR count). The van der Waals surface area contributed by atoms with Crippen molar-refractivity contribution in [1.82, 2.24) is 0 Å². The van der Waals surface area contributed by atoms with Crippen LogP contribution in [0.4, 0.5) is 0 Å². The average molecular weight is 218 g/mol. The highest BCUT2D eigenvalue weighted by molar-refractivity contribution is 8.77. The van der Waals surface area contributed by atoms with E-state index >= 15 is 0 Å². The van der Waals surface area contributed by atoms with Crippen LogP contribution in [0.15, 0.2) is 0 Å². The van der Waals surface area contributed by atoms with Gasteiger partial charge in [-0.25, -0.2) is 0 Å². The van der Waals surface area contributed by atoms with Crippen molar-refractivity contribution in [2.24, 2.45) is 5.92 Å². The molecule has 78 valence electrons. The quantitative estimate of drug-likeness (QED) is 0.482. The van der Waals surface area contributed by atoms with Gasteiger partial charge in [0.05, 0.1) is 0 Å². The summed E-state index contributed by atoms with van der Waals surface area (Å²) in [7, 11) is 4.17. The first-order valence-electron chi connectivity index (χ1n) is 5.63. The van der Waals surface area contributed by atoms with Crippen molar-refractivity contribution < 1.29 is 0 Å². The van der Waals surface area contributed by atoms with Crippen molar-refractivity contribution in [3.63, 3.8) is 0 Å². The van der Waals surface area contributed by atoms with Crippen LogP contribution in [0.25, 0.3) is 0 Å². The summed E-state index contributed by atoms with van der Waals surface area (Å²) in [5.74, 6) is 2.40. The molecule has 2 unspecified atom stereocenters. The Balaban J connectivity index is 2.05. The van der Waals surface area contributed by atoms with Gasteiger partial charge in [0.15, 0.2) is 0 Å². The Labute approximate surface area is 91.0 Å². The Morgan fingerprint density at radius 1 is 1.23 bits per heavy atom. The van der Waals surface area contributed by atoms with Crippen LogP contribution in [0, 0.1) is 5.92 Å². The van der Waals surface area contributed by atoms with Crippen LogP contribution >= 0.6 is 21.6 Å². The van der Waals surface area contributed by atoms with Gasteiger partial charge >= 0.3 is 0 Å². The lowest BCUT2D eigenvalue weighted by Crippen LogP contribution is -2.17. The SMILES string of the molecule is CCCCCCC1CCSSC1C. The predicted molar refractivity (Wildman–Crippen MR) is 66.4 cm³/mol. The first-order chi connectivity index (χ1) is 6.34. The van der Waals surface area contributed by atoms with Crippen molar-refractivity contribution in [2.75, 3.05) is 5.75 Å². The number of rotatable bonds is 5. The summed E-state index contributed by atoms with van der Waals surface area (Å²) >= 11 is 0. The topological polar surface area (TPSA) is 0 Å². The van der Waals surface area contributed by atoms with Crippen LogP contribution in [0.1, 0.15) is 52.4 Å². The van der Waals surface area contributed by atoms with Crippen LogP contribution in [0.3, 0.4) is 0 Å². The van der Waals surface area contributed by atoms with Crippen LogP contribution < -0.4 is 0 Å². The smallest absolute Gasteiger partial charge is 0.0151 e. The number of hydrogen-bond donors (Lipinski definition) is 0. The van der Waals surface area contributed by atoms with Crippen molar-refractivity contribution in [3.8, 4) is 0 Å². The van der Waals surface area contributed by atoms with E-state index in [1.54, 1.807) is 0 Å². The maximum atomic E-state index is 2.40. The molecule has 1 fully saturated rings. The van der Waals surface area contributed by atoms with E-state index in [0.717, 1.165) is 11.2 Å². The fourth-order valence-corrected chi connectivity index (χ4v) is 4.71. The van der Waals surface area contributed by atoms with Gasteiger partial charge in [0.25, 0.3) is 0 Å². The van der Waals surface area contributed by atoms with Crippen molar-refractivity contribution >= 4 is 21.6 Å². The molecule has 1 heterocycles. The van der Waals surface area contributed by atoms with E-state index in [4.69, 9.17) is 0 Å². The third-order valence-corrected chi connectivity index (χ3v) is 5.93. The Bertz CT molecular complexity index is 125. The molecule has 13 heavy (non-hydrogen) atoms. The zero-order valence-electron chi connectivity index (χ0n) is 8.92. The van der Waals surface area contributed by atoms with Gasteiger partial charge in [0.1, 0.15) is 0 Å². The molecule has 0 aromatic rings. The van der Waals surface area contributed by atoms with Gasteiger partial charge in [0, 0.05) is 11.0 Å². The molecule has 0 radical (unpaired) electrons. The third kappa shape index (κ3) is 4.64. The molecule has 0 aliphatic carbocycles. The fourth-order valence-electron chi connectivity index (χ4n) is 1.88. The fraction of sp³-hybridized carbons (Fsp3) is 1.00. The van der Waals surface area contributed by atoms with Gasteiger partial charge in [0.2, 0.25) is 0 Å². The second kappa shape index (κ2) is 7.05. The standard InChI is InChI=1S/C11H22S2/c1-3-4-5-6-7-11-8-9-12-13-10(11)2/h10-11H,3-9H2,1-2H3. The molecule has 0 nitrogen and oxygen atoms in total. The van der Waals surface area contributed by atoms with E-state index in [-0.39, 0.29) is 0 Å². The van der Waals surface area contributed by atoms with E-state index in [1.807, 2.05) is 0 Å². The van der Waals surface area contributed by atoms with Crippen molar-refractivity contribution in [2.45, 2.75) is 57.6 Å². The maximum Gasteiger partial charge on any atom is 0.0151 e. The second-order valence-corrected chi connectivity index (χ2v) is 6.89. The lowest BCUT2D eigenvalue weighted by atomic mass is 9.95. The van der Waals surface area contributed by atoms with E-state index < -0.39 is 0 Å². The highest BCUT2D eigenvalue weighted by Gasteiger charge is 2.21. The normalized spacial score (nSPS) is 29.1. The summed E-state index contributed by atoms with van der Waals surface area (Å²) < 4.78 is 0. The first-order valence-corrected chi connectivity index (χ1v) is 8.01. The van der Waals surface area contributed by atoms with E-state index in [9.17, 15) is 0 Å². The molecule has 1 aliphatic rings. The largest absolute Gasteiger partial charge is 0.0939 e. The predicted octanol–water partition coefficient (Wildman–Crippen LogP) is 4.75. The molecule has 1 saturated heterocycles. The first kappa shape index (κ1) is 11.8. The zero-order valence-corrected chi connectivity index (χ0v) is 10.6. The summed E-state index contributed by atoms with van der Waals surface area (Å²) in [6.07, 6.45) is 8.67. The molecular weight excluding hydrogens is 196 g/mol. The second-order valence-electron chi connectivity index (χ2n) is 4.02. The van der Waals surface area contributed by atoms with Gasteiger partial charge in [-0.05, 0) is 18.8 Å². The zero-order chi connectivity index (χ0) is 9.52. The van der Waals surface area contributed by atoms with Gasteiger partial charge < -0.3 is 0 Å². The highest BCUT2D eigenvalue weighted by Crippen LogP contribution is 2.40. The maximum absolute atomic E-state index is 2.40. The van der Waals surface area contributed by atoms with E-state index in [1.165, 1.54) is 44.3 Å². The number of hydrogen-bond acceptors (Lipinski definition) is 2. The lowest BCUT2D eigenvalue weighted by Gasteiger charge is -2.27. The number of unbranched alkanes of at least 4 members (excludes halogenated alkanes) is 3. The van der Waals surface area contributed by atoms with Gasteiger partial charge in [-0.1, -0.05) is 61.1 Å². The lowest BCUT2D eigenvalue weighted by molar-refractivity contribution is 0.440. The molecule has 0 N–H and O–H groups in total. The molecule has 0 spiro atoms. The van der Waals surface area contributed by atoms with Crippen LogP contribution in [-0.2, 0) is 0 Å². The van der Waals surface area contributed by atoms with Crippen molar-refractivity contribution in [3.05, 3.63) is 0 Å². The summed E-state index contributed by atoms with van der Waals surface area (Å²) in [6, 6.07) is 0. The highest BCUT2D eigenvalue weighted by atomic mass is 33.1. The summed E-state index contributed by atoms with van der Waals surface area (Å²) in [4.78, 5) is 0. The Hall–Kier alpha value is 0.700. The van der Waals surface area contributed by atoms with Crippen molar-refractivity contribution in [1.29, 1.82) is 0 Å². The minimum atomic E-state index is 0.903. The van der Waals surface area contributed by atoms with Gasteiger partial charge in [-0.2, -0.15) is 0 Å². The van der Waals surface area contributed by atoms with E-state index in [2.05, 4.69) is 35.4 Å². The monoisotopic (exact) mass is 218 g/mol. The third-order valence-electron chi connectivity index (χ3n) is 2.88. The molecule has 0 aromatic heterocycles. The molecule has 2 atom stereocenters. The van der Waals surface area contributed by atoms with E-state index in [0.29, 0.717) is 0 Å². The molecule has 2 heteroatoms. The minimum Gasteiger partial charge on any atom is -0.0939 e. The Kier molecular flexibility index (Phi) is 6.39. The summed E-state index contributed by atoms with van der Waals surface area (Å²) in [5.41, 5.74) is 0. The average Bonchev–Trinajstić information content (AvgIpc) is 2.15. The van der Waals surface area contributed by atoms with Gasteiger partial charge in [-0.15, -0.1) is 0 Å². The molecule has 0 aromatic carbocycles. The van der Waals surface area contributed by atoms with Crippen LogP contribution in [-0.4, -0.2) is 11.0 Å². The molecule has 0 amide bonds. The molecule has 1 aliphatic heterocycles. The summed E-state index contributed by atoms with van der Waals surface area (Å²) in [6.45, 7) is 4.69. The molecular formula is C11H22S2.